The number of ether oxygens (including phenoxy) is 5. The number of para-hydroxylation sites is 1. The molecule has 158 valence electrons. The maximum atomic E-state index is 6.13. The summed E-state index contributed by atoms with van der Waals surface area (Å²) >= 11 is 0. The molecule has 0 bridgehead atoms. The number of fused-ring (bicyclic) bond motifs is 1. The van der Waals surface area contributed by atoms with Gasteiger partial charge in [-0.15, -0.1) is 0 Å². The van der Waals surface area contributed by atoms with Gasteiger partial charge in [-0.1, -0.05) is 48.5 Å². The minimum Gasteiger partial charge on any atom is -0.493 e. The first-order chi connectivity index (χ1) is 14.8. The first-order valence-corrected chi connectivity index (χ1v) is 10.1. The van der Waals surface area contributed by atoms with Gasteiger partial charge in [0.1, 0.15) is 6.61 Å². The molecule has 1 saturated heterocycles. The first-order valence-electron chi connectivity index (χ1n) is 10.1. The summed E-state index contributed by atoms with van der Waals surface area (Å²) in [5.74, 6) is 1.92. The van der Waals surface area contributed by atoms with Crippen molar-refractivity contribution in [1.29, 1.82) is 0 Å². The number of methoxy groups -OCH3 is 2. The highest BCUT2D eigenvalue weighted by molar-refractivity contribution is 5.85. The van der Waals surface area contributed by atoms with Crippen molar-refractivity contribution >= 4 is 10.8 Å². The SMILES string of the molecule is COc1cccc(OC)c1OCCNCC1CO[C@@H](c2cccc3ccccc23)O1. The van der Waals surface area contributed by atoms with Crippen LogP contribution >= 0.6 is 0 Å². The zero-order chi connectivity index (χ0) is 20.8. The zero-order valence-corrected chi connectivity index (χ0v) is 17.3. The van der Waals surface area contributed by atoms with Crippen molar-refractivity contribution in [3.05, 3.63) is 66.2 Å². The first kappa shape index (κ1) is 20.5. The molecule has 1 heterocycles. The van der Waals surface area contributed by atoms with Crippen LogP contribution in [-0.4, -0.2) is 46.6 Å². The fourth-order valence-electron chi connectivity index (χ4n) is 3.62. The van der Waals surface area contributed by atoms with Crippen LogP contribution in [0.4, 0.5) is 0 Å². The van der Waals surface area contributed by atoms with E-state index >= 15 is 0 Å². The lowest BCUT2D eigenvalue weighted by molar-refractivity contribution is -0.0585. The Morgan fingerprint density at radius 2 is 1.67 bits per heavy atom. The molecule has 1 fully saturated rings. The van der Waals surface area contributed by atoms with Crippen LogP contribution in [0.5, 0.6) is 17.2 Å². The van der Waals surface area contributed by atoms with Crippen LogP contribution in [0.15, 0.2) is 60.7 Å². The van der Waals surface area contributed by atoms with Gasteiger partial charge in [0.2, 0.25) is 5.75 Å². The summed E-state index contributed by atoms with van der Waals surface area (Å²) in [5.41, 5.74) is 1.07. The predicted molar refractivity (Wildman–Crippen MR) is 115 cm³/mol. The summed E-state index contributed by atoms with van der Waals surface area (Å²) in [4.78, 5) is 0. The van der Waals surface area contributed by atoms with Crippen LogP contribution < -0.4 is 19.5 Å². The van der Waals surface area contributed by atoms with Crippen molar-refractivity contribution in [1.82, 2.24) is 5.32 Å². The molecule has 1 unspecified atom stereocenters. The van der Waals surface area contributed by atoms with Crippen LogP contribution in [0.1, 0.15) is 11.9 Å². The summed E-state index contributed by atoms with van der Waals surface area (Å²) in [7, 11) is 3.23. The normalized spacial score (nSPS) is 18.5. The number of benzene rings is 3. The Morgan fingerprint density at radius 1 is 0.933 bits per heavy atom. The van der Waals surface area contributed by atoms with E-state index in [-0.39, 0.29) is 12.4 Å². The molecule has 1 aliphatic rings. The van der Waals surface area contributed by atoms with Gasteiger partial charge in [-0.3, -0.25) is 0 Å². The summed E-state index contributed by atoms with van der Waals surface area (Å²) in [6.45, 7) is 2.40. The molecule has 4 rings (SSSR count). The van der Waals surface area contributed by atoms with E-state index in [1.807, 2.05) is 36.4 Å². The number of rotatable bonds is 9. The highest BCUT2D eigenvalue weighted by Crippen LogP contribution is 2.36. The van der Waals surface area contributed by atoms with E-state index in [9.17, 15) is 0 Å². The van der Waals surface area contributed by atoms with Crippen molar-refractivity contribution in [2.75, 3.05) is 40.5 Å². The van der Waals surface area contributed by atoms with Crippen LogP contribution in [0.2, 0.25) is 0 Å². The van der Waals surface area contributed by atoms with Gasteiger partial charge >= 0.3 is 0 Å². The lowest BCUT2D eigenvalue weighted by Gasteiger charge is -2.16. The molecule has 2 atom stereocenters. The van der Waals surface area contributed by atoms with Gasteiger partial charge < -0.3 is 29.0 Å². The Kier molecular flexibility index (Phi) is 6.69. The molecule has 1 N–H and O–H groups in total. The third kappa shape index (κ3) is 4.51. The maximum Gasteiger partial charge on any atom is 0.203 e. The fraction of sp³-hybridized carbons (Fsp3) is 0.333. The highest BCUT2D eigenvalue weighted by Gasteiger charge is 2.28. The van der Waals surface area contributed by atoms with Gasteiger partial charge in [0.25, 0.3) is 0 Å². The molecule has 0 amide bonds. The van der Waals surface area contributed by atoms with Gasteiger partial charge in [0.05, 0.1) is 26.9 Å². The number of nitrogens with one attached hydrogen (secondary N) is 1. The van der Waals surface area contributed by atoms with Crippen molar-refractivity contribution in [3.8, 4) is 17.2 Å². The molecule has 3 aromatic carbocycles. The van der Waals surface area contributed by atoms with Crippen LogP contribution in [0.3, 0.4) is 0 Å². The molecule has 1 aliphatic heterocycles. The van der Waals surface area contributed by atoms with Crippen molar-refractivity contribution in [2.45, 2.75) is 12.4 Å². The molecule has 0 aliphatic carbocycles. The number of hydrogen-bond donors (Lipinski definition) is 1. The largest absolute Gasteiger partial charge is 0.493 e. The average Bonchev–Trinajstić information content (AvgIpc) is 3.27. The minimum absolute atomic E-state index is 0.00485. The van der Waals surface area contributed by atoms with E-state index in [0.717, 1.165) is 10.9 Å². The molecule has 6 nitrogen and oxygen atoms in total. The Morgan fingerprint density at radius 3 is 2.47 bits per heavy atom. The summed E-state index contributed by atoms with van der Waals surface area (Å²) in [5, 5.41) is 5.72. The lowest BCUT2D eigenvalue weighted by atomic mass is 10.0. The Bertz CT molecular complexity index is 949. The van der Waals surface area contributed by atoms with Crippen molar-refractivity contribution < 1.29 is 23.7 Å². The number of hydrogen-bond acceptors (Lipinski definition) is 6. The van der Waals surface area contributed by atoms with Gasteiger partial charge in [-0.05, 0) is 22.9 Å². The Hall–Kier alpha value is -2.80. The minimum atomic E-state index is -0.336. The molecule has 0 aromatic heterocycles. The second kappa shape index (κ2) is 9.80. The third-order valence-electron chi connectivity index (χ3n) is 5.11. The molecular formula is C24H27NO5. The summed E-state index contributed by atoms with van der Waals surface area (Å²) in [6, 6.07) is 20.1. The quantitative estimate of drug-likeness (QED) is 0.540. The van der Waals surface area contributed by atoms with Crippen molar-refractivity contribution in [3.63, 3.8) is 0 Å². The highest BCUT2D eigenvalue weighted by atomic mass is 16.7. The molecule has 0 spiro atoms. The Balaban J connectivity index is 1.26. The summed E-state index contributed by atoms with van der Waals surface area (Å²) < 4.78 is 28.6. The molecule has 0 radical (unpaired) electrons. The maximum absolute atomic E-state index is 6.13. The monoisotopic (exact) mass is 409 g/mol. The van der Waals surface area contributed by atoms with Gasteiger partial charge in [0.15, 0.2) is 17.8 Å². The second-order valence-corrected chi connectivity index (χ2v) is 7.04. The van der Waals surface area contributed by atoms with Gasteiger partial charge in [-0.2, -0.15) is 0 Å². The van der Waals surface area contributed by atoms with E-state index < -0.39 is 0 Å². The molecular weight excluding hydrogens is 382 g/mol. The fourth-order valence-corrected chi connectivity index (χ4v) is 3.62. The van der Waals surface area contributed by atoms with E-state index in [1.54, 1.807) is 14.2 Å². The van der Waals surface area contributed by atoms with E-state index in [2.05, 4.69) is 29.6 Å². The predicted octanol–water partition coefficient (Wildman–Crippen LogP) is 3.94. The van der Waals surface area contributed by atoms with Crippen LogP contribution in [-0.2, 0) is 9.47 Å². The van der Waals surface area contributed by atoms with Crippen LogP contribution in [0.25, 0.3) is 10.8 Å². The van der Waals surface area contributed by atoms with E-state index in [4.69, 9.17) is 23.7 Å². The standard InChI is InChI=1S/C24H27NO5/c1-26-21-11-6-12-22(27-2)23(21)28-14-13-25-15-18-16-29-24(30-18)20-10-5-8-17-7-3-4-9-19(17)20/h3-12,18,24-25H,13-16H2,1-2H3/t18?,24-/m1/s1. The average molecular weight is 409 g/mol. The van der Waals surface area contributed by atoms with Gasteiger partial charge in [0, 0.05) is 18.7 Å². The smallest absolute Gasteiger partial charge is 0.203 e. The van der Waals surface area contributed by atoms with Gasteiger partial charge in [-0.25, -0.2) is 0 Å². The molecule has 3 aromatic rings. The molecule has 30 heavy (non-hydrogen) atoms. The molecule has 6 heteroatoms. The van der Waals surface area contributed by atoms with Crippen LogP contribution in [0, 0.1) is 0 Å². The zero-order valence-electron chi connectivity index (χ0n) is 17.3. The third-order valence-corrected chi connectivity index (χ3v) is 5.11. The van der Waals surface area contributed by atoms with E-state index in [0.29, 0.717) is 43.6 Å². The second-order valence-electron chi connectivity index (χ2n) is 7.04. The lowest BCUT2D eigenvalue weighted by Crippen LogP contribution is -2.31. The van der Waals surface area contributed by atoms with E-state index in [1.165, 1.54) is 5.39 Å². The Labute approximate surface area is 176 Å². The van der Waals surface area contributed by atoms with Crippen molar-refractivity contribution in [2.24, 2.45) is 0 Å². The topological polar surface area (TPSA) is 58.2 Å². The molecule has 0 saturated carbocycles. The summed E-state index contributed by atoms with van der Waals surface area (Å²) in [6.07, 6.45) is -0.341.